The van der Waals surface area contributed by atoms with Gasteiger partial charge in [0.05, 0.1) is 11.1 Å². The minimum atomic E-state index is -0.940. The van der Waals surface area contributed by atoms with Gasteiger partial charge in [0.1, 0.15) is 5.82 Å². The van der Waals surface area contributed by atoms with Crippen molar-refractivity contribution in [3.05, 3.63) is 59.0 Å². The Bertz CT molecular complexity index is 992. The molecule has 0 amide bonds. The summed E-state index contributed by atoms with van der Waals surface area (Å²) in [6.07, 6.45) is 6.39. The molecular weight excluding hydrogens is 402 g/mol. The van der Waals surface area contributed by atoms with Gasteiger partial charge in [-0.3, -0.25) is 4.68 Å². The fourth-order valence-corrected chi connectivity index (χ4v) is 4.26. The number of hydrogen-bond acceptors (Lipinski definition) is 4. The molecule has 4 nitrogen and oxygen atoms in total. The number of rotatable bonds is 6. The van der Waals surface area contributed by atoms with E-state index in [4.69, 9.17) is 17.3 Å². The lowest BCUT2D eigenvalue weighted by atomic mass is 10.1. The predicted molar refractivity (Wildman–Crippen MR) is 111 cm³/mol. The minimum Gasteiger partial charge on any atom is -0.383 e. The lowest BCUT2D eigenvalue weighted by molar-refractivity contribution is 0.478. The van der Waals surface area contributed by atoms with Gasteiger partial charge in [0.2, 0.25) is 0 Å². The molecule has 0 aliphatic heterocycles. The Morgan fingerprint density at radius 1 is 1.21 bits per heavy atom. The van der Waals surface area contributed by atoms with Crippen LogP contribution in [0, 0.1) is 11.6 Å². The number of hydrogen-bond donors (Lipinski definition) is 1. The van der Waals surface area contributed by atoms with Crippen LogP contribution in [0.15, 0.2) is 41.7 Å². The second-order valence-electron chi connectivity index (χ2n) is 6.59. The highest BCUT2D eigenvalue weighted by atomic mass is 35.5. The monoisotopic (exact) mass is 422 g/mol. The summed E-state index contributed by atoms with van der Waals surface area (Å²) in [4.78, 5) is 4.93. The van der Waals surface area contributed by atoms with E-state index in [2.05, 4.69) is 23.9 Å². The number of nitrogen functional groups attached to an aromatic ring is 1. The maximum Gasteiger partial charge on any atom is 0.164 e. The first-order chi connectivity index (χ1) is 13.3. The van der Waals surface area contributed by atoms with Gasteiger partial charge >= 0.3 is 0 Å². The third-order valence-corrected chi connectivity index (χ3v) is 6.15. The van der Waals surface area contributed by atoms with Gasteiger partial charge in [-0.05, 0) is 38.5 Å². The van der Waals surface area contributed by atoms with E-state index in [1.54, 1.807) is 19.3 Å². The van der Waals surface area contributed by atoms with Gasteiger partial charge in [0.25, 0.3) is 0 Å². The van der Waals surface area contributed by atoms with Crippen LogP contribution < -0.4 is 5.73 Å². The van der Waals surface area contributed by atoms with E-state index < -0.39 is 16.9 Å². The topological polar surface area (TPSA) is 56.7 Å². The van der Waals surface area contributed by atoms with Crippen LogP contribution in [0.3, 0.4) is 0 Å². The predicted octanol–water partition coefficient (Wildman–Crippen LogP) is 6.28. The Kier molecular flexibility index (Phi) is 6.25. The van der Waals surface area contributed by atoms with Crippen molar-refractivity contribution in [3.8, 4) is 11.1 Å². The molecule has 2 N–H and O–H groups in total. The largest absolute Gasteiger partial charge is 0.383 e. The zero-order chi connectivity index (χ0) is 20.4. The van der Waals surface area contributed by atoms with Crippen molar-refractivity contribution in [3.63, 3.8) is 0 Å². The molecule has 148 valence electrons. The molecule has 0 fully saturated rings. The van der Waals surface area contributed by atoms with E-state index in [1.807, 2.05) is 16.9 Å². The lowest BCUT2D eigenvalue weighted by Crippen LogP contribution is -2.03. The molecule has 3 aromatic rings. The van der Waals surface area contributed by atoms with Crippen LogP contribution in [0.1, 0.15) is 44.0 Å². The van der Waals surface area contributed by atoms with E-state index in [-0.39, 0.29) is 10.6 Å². The van der Waals surface area contributed by atoms with E-state index in [0.717, 1.165) is 23.6 Å². The third kappa shape index (κ3) is 4.15. The van der Waals surface area contributed by atoms with Crippen LogP contribution in [-0.4, -0.2) is 14.8 Å². The number of benzene rings is 1. The molecule has 1 aromatic carbocycles. The first kappa shape index (κ1) is 20.6. The van der Waals surface area contributed by atoms with Crippen LogP contribution in [0.4, 0.5) is 14.6 Å². The van der Waals surface area contributed by atoms with E-state index in [9.17, 15) is 8.78 Å². The average molecular weight is 423 g/mol. The van der Waals surface area contributed by atoms with Crippen molar-refractivity contribution in [1.29, 1.82) is 0 Å². The molecular formula is C20H21ClF2N4S. The molecule has 2 heterocycles. The van der Waals surface area contributed by atoms with Crippen molar-refractivity contribution in [2.45, 2.75) is 43.4 Å². The first-order valence-corrected chi connectivity index (χ1v) is 10.2. The van der Waals surface area contributed by atoms with E-state index >= 15 is 0 Å². The van der Waals surface area contributed by atoms with Gasteiger partial charge in [0.15, 0.2) is 11.6 Å². The van der Waals surface area contributed by atoms with Crippen molar-refractivity contribution in [2.75, 3.05) is 5.73 Å². The van der Waals surface area contributed by atoms with Gasteiger partial charge < -0.3 is 5.73 Å². The highest BCUT2D eigenvalue weighted by Crippen LogP contribution is 2.42. The van der Waals surface area contributed by atoms with Crippen molar-refractivity contribution < 1.29 is 8.78 Å². The number of thioether (sulfide) groups is 1. The summed E-state index contributed by atoms with van der Waals surface area (Å²) in [5, 5.41) is 4.12. The molecule has 0 bridgehead atoms. The summed E-state index contributed by atoms with van der Waals surface area (Å²) in [6, 6.07) is 4.55. The number of aromatic nitrogens is 3. The summed E-state index contributed by atoms with van der Waals surface area (Å²) in [7, 11) is 0. The van der Waals surface area contributed by atoms with Gasteiger partial charge in [-0.25, -0.2) is 13.8 Å². The van der Waals surface area contributed by atoms with E-state index in [1.165, 1.54) is 17.8 Å². The molecule has 8 heteroatoms. The smallest absolute Gasteiger partial charge is 0.164 e. The van der Waals surface area contributed by atoms with Gasteiger partial charge in [-0.15, -0.1) is 11.8 Å². The maximum absolute atomic E-state index is 14.2. The zero-order valence-corrected chi connectivity index (χ0v) is 17.4. The number of anilines is 1. The summed E-state index contributed by atoms with van der Waals surface area (Å²) in [5.41, 5.74) is 7.90. The molecule has 2 atom stereocenters. The van der Waals surface area contributed by atoms with Gasteiger partial charge in [-0.1, -0.05) is 18.5 Å². The molecule has 0 saturated heterocycles. The van der Waals surface area contributed by atoms with Crippen LogP contribution >= 0.6 is 23.4 Å². The Morgan fingerprint density at radius 3 is 2.68 bits per heavy atom. The maximum atomic E-state index is 14.2. The van der Waals surface area contributed by atoms with Crippen LogP contribution in [0.5, 0.6) is 0 Å². The van der Waals surface area contributed by atoms with Gasteiger partial charge in [0, 0.05) is 45.4 Å². The molecule has 0 radical (unpaired) electrons. The van der Waals surface area contributed by atoms with Crippen molar-refractivity contribution >= 4 is 29.2 Å². The highest BCUT2D eigenvalue weighted by Gasteiger charge is 2.21. The quantitative estimate of drug-likeness (QED) is 0.375. The normalized spacial score (nSPS) is 13.5. The Morgan fingerprint density at radius 2 is 1.96 bits per heavy atom. The molecule has 0 aliphatic rings. The Balaban J connectivity index is 1.90. The molecule has 3 rings (SSSR count). The molecule has 2 aromatic heterocycles. The molecule has 0 saturated carbocycles. The molecule has 28 heavy (non-hydrogen) atoms. The number of pyridine rings is 1. The average Bonchev–Trinajstić information content (AvgIpc) is 3.16. The summed E-state index contributed by atoms with van der Waals surface area (Å²) in [6.45, 7) is 5.95. The minimum absolute atomic E-state index is 0.112. The molecule has 0 aliphatic carbocycles. The number of nitrogens with two attached hydrogens (primary N) is 1. The second-order valence-corrected chi connectivity index (χ2v) is 8.38. The standard InChI is InChI=1S/C20H21ClF2N4S/c1-4-11(2)27-10-14(9-26-27)13-7-17(20(24)25-8-13)28-12(3)18-15(21)5-6-16(22)19(18)23/h5-12H,4H2,1-3H3,(H2,24,25). The SMILES string of the molecule is CCC(C)n1cc(-c2cnc(N)c(SC(C)c3c(Cl)ccc(F)c3F)c2)cn1. The second kappa shape index (κ2) is 8.49. The zero-order valence-electron chi connectivity index (χ0n) is 15.8. The number of nitrogens with zero attached hydrogens (tertiary/aromatic N) is 3. The van der Waals surface area contributed by atoms with E-state index in [0.29, 0.717) is 16.8 Å². The van der Waals surface area contributed by atoms with Crippen LogP contribution in [-0.2, 0) is 0 Å². The first-order valence-electron chi connectivity index (χ1n) is 8.91. The molecule has 0 spiro atoms. The van der Waals surface area contributed by atoms with Crippen LogP contribution in [0.25, 0.3) is 11.1 Å². The van der Waals surface area contributed by atoms with Crippen molar-refractivity contribution in [2.24, 2.45) is 0 Å². The van der Waals surface area contributed by atoms with Crippen LogP contribution in [0.2, 0.25) is 5.02 Å². The fraction of sp³-hybridized carbons (Fsp3) is 0.300. The lowest BCUT2D eigenvalue weighted by Gasteiger charge is -2.16. The Labute approximate surface area is 172 Å². The molecule has 2 unspecified atom stereocenters. The Hall–Kier alpha value is -2.12. The third-order valence-electron chi connectivity index (χ3n) is 4.65. The summed E-state index contributed by atoms with van der Waals surface area (Å²) < 4.78 is 29.8. The fourth-order valence-electron chi connectivity index (χ4n) is 2.79. The summed E-state index contributed by atoms with van der Waals surface area (Å²) in [5.74, 6) is -1.54. The number of halogens is 3. The van der Waals surface area contributed by atoms with Gasteiger partial charge in [-0.2, -0.15) is 5.10 Å². The van der Waals surface area contributed by atoms with Crippen molar-refractivity contribution in [1.82, 2.24) is 14.8 Å². The highest BCUT2D eigenvalue weighted by molar-refractivity contribution is 7.99. The summed E-state index contributed by atoms with van der Waals surface area (Å²) >= 11 is 7.38.